The van der Waals surface area contributed by atoms with Gasteiger partial charge in [0.1, 0.15) is 17.8 Å². The number of nitrogens with zero attached hydrogens (tertiary/aromatic N) is 4. The molecule has 0 spiro atoms. The van der Waals surface area contributed by atoms with Gasteiger partial charge in [0.05, 0.1) is 0 Å². The van der Waals surface area contributed by atoms with Gasteiger partial charge in [-0.05, 0) is 6.42 Å². The standard InChI is InChI=1S/C14H21N5O2/c1-2-3-4-15-13-9-12(16-10-17-13)14(21)19-7-5-18(11-20)6-8-19/h9-11H,2-8H2,1H3,(H,15,16,17). The number of piperazine rings is 1. The van der Waals surface area contributed by atoms with Crippen LogP contribution < -0.4 is 5.32 Å². The van der Waals surface area contributed by atoms with E-state index in [0.29, 0.717) is 37.7 Å². The maximum atomic E-state index is 12.4. The Bertz CT molecular complexity index is 486. The smallest absolute Gasteiger partial charge is 0.272 e. The van der Waals surface area contributed by atoms with Gasteiger partial charge in [-0.25, -0.2) is 9.97 Å². The van der Waals surface area contributed by atoms with Crippen LogP contribution >= 0.6 is 0 Å². The second-order valence-corrected chi connectivity index (χ2v) is 5.00. The van der Waals surface area contributed by atoms with E-state index in [9.17, 15) is 9.59 Å². The number of nitrogens with one attached hydrogen (secondary N) is 1. The van der Waals surface area contributed by atoms with Gasteiger partial charge in [0.15, 0.2) is 0 Å². The minimum atomic E-state index is -0.110. The molecule has 2 amide bonds. The molecule has 0 saturated carbocycles. The predicted octanol–water partition coefficient (Wildman–Crippen LogP) is 0.603. The lowest BCUT2D eigenvalue weighted by molar-refractivity contribution is -0.119. The molecule has 1 N–H and O–H groups in total. The quantitative estimate of drug-likeness (QED) is 0.613. The van der Waals surface area contributed by atoms with Gasteiger partial charge < -0.3 is 15.1 Å². The third-order valence-electron chi connectivity index (χ3n) is 3.47. The van der Waals surface area contributed by atoms with E-state index in [0.717, 1.165) is 25.8 Å². The minimum Gasteiger partial charge on any atom is -0.370 e. The summed E-state index contributed by atoms with van der Waals surface area (Å²) in [5.41, 5.74) is 0.392. The third-order valence-corrected chi connectivity index (χ3v) is 3.47. The van der Waals surface area contributed by atoms with Crippen molar-refractivity contribution in [3.63, 3.8) is 0 Å². The number of unbranched alkanes of at least 4 members (excludes halogenated alkanes) is 1. The largest absolute Gasteiger partial charge is 0.370 e. The maximum absolute atomic E-state index is 12.4. The molecular formula is C14H21N5O2. The summed E-state index contributed by atoms with van der Waals surface area (Å²) < 4.78 is 0. The molecule has 1 aromatic rings. The number of amides is 2. The highest BCUT2D eigenvalue weighted by Crippen LogP contribution is 2.09. The van der Waals surface area contributed by atoms with E-state index in [1.54, 1.807) is 15.9 Å². The van der Waals surface area contributed by atoms with Crippen LogP contribution in [-0.4, -0.2) is 64.8 Å². The monoisotopic (exact) mass is 291 g/mol. The molecule has 21 heavy (non-hydrogen) atoms. The van der Waals surface area contributed by atoms with Gasteiger partial charge in [-0.15, -0.1) is 0 Å². The summed E-state index contributed by atoms with van der Waals surface area (Å²) in [6.45, 7) is 5.18. The first-order chi connectivity index (χ1) is 10.2. The molecule has 1 aliphatic heterocycles. The first-order valence-corrected chi connectivity index (χ1v) is 7.29. The molecule has 7 heteroatoms. The van der Waals surface area contributed by atoms with Crippen molar-refractivity contribution in [2.24, 2.45) is 0 Å². The molecule has 0 aromatic carbocycles. The van der Waals surface area contributed by atoms with Gasteiger partial charge in [0.25, 0.3) is 5.91 Å². The van der Waals surface area contributed by atoms with Gasteiger partial charge in [-0.1, -0.05) is 13.3 Å². The molecule has 2 heterocycles. The zero-order valence-electron chi connectivity index (χ0n) is 12.3. The summed E-state index contributed by atoms with van der Waals surface area (Å²) in [5, 5.41) is 3.18. The molecule has 0 bridgehead atoms. The van der Waals surface area contributed by atoms with Crippen LogP contribution in [0.15, 0.2) is 12.4 Å². The van der Waals surface area contributed by atoms with Crippen LogP contribution in [0.1, 0.15) is 30.3 Å². The highest BCUT2D eigenvalue weighted by Gasteiger charge is 2.22. The van der Waals surface area contributed by atoms with Crippen LogP contribution in [0, 0.1) is 0 Å². The van der Waals surface area contributed by atoms with Crippen molar-refractivity contribution in [2.75, 3.05) is 38.0 Å². The number of hydrogen-bond acceptors (Lipinski definition) is 5. The van der Waals surface area contributed by atoms with Crippen LogP contribution in [0.4, 0.5) is 5.82 Å². The molecule has 0 aliphatic carbocycles. The molecule has 0 atom stereocenters. The fourth-order valence-electron chi connectivity index (χ4n) is 2.16. The van der Waals surface area contributed by atoms with Gasteiger partial charge in [0.2, 0.25) is 6.41 Å². The van der Waals surface area contributed by atoms with Crippen molar-refractivity contribution in [3.05, 3.63) is 18.1 Å². The molecule has 7 nitrogen and oxygen atoms in total. The lowest BCUT2D eigenvalue weighted by Crippen LogP contribution is -2.48. The van der Waals surface area contributed by atoms with Crippen molar-refractivity contribution in [1.82, 2.24) is 19.8 Å². The number of rotatable bonds is 6. The molecule has 1 fully saturated rings. The number of hydrogen-bond donors (Lipinski definition) is 1. The average Bonchev–Trinajstić information content (AvgIpc) is 2.55. The van der Waals surface area contributed by atoms with Crippen LogP contribution in [0.3, 0.4) is 0 Å². The fourth-order valence-corrected chi connectivity index (χ4v) is 2.16. The summed E-state index contributed by atoms with van der Waals surface area (Å²) in [6.07, 6.45) is 4.39. The van der Waals surface area contributed by atoms with E-state index < -0.39 is 0 Å². The second-order valence-electron chi connectivity index (χ2n) is 5.00. The van der Waals surface area contributed by atoms with Crippen molar-refractivity contribution < 1.29 is 9.59 Å². The zero-order chi connectivity index (χ0) is 15.1. The van der Waals surface area contributed by atoms with Gasteiger partial charge >= 0.3 is 0 Å². The number of carbonyl (C=O) groups excluding carboxylic acids is 2. The van der Waals surface area contributed by atoms with Gasteiger partial charge in [0, 0.05) is 38.8 Å². The Morgan fingerprint density at radius 1 is 1.33 bits per heavy atom. The maximum Gasteiger partial charge on any atom is 0.272 e. The Hall–Kier alpha value is -2.18. The van der Waals surface area contributed by atoms with Crippen molar-refractivity contribution in [2.45, 2.75) is 19.8 Å². The molecule has 1 saturated heterocycles. The lowest BCUT2D eigenvalue weighted by atomic mass is 10.2. The molecule has 0 unspecified atom stereocenters. The molecule has 2 rings (SSSR count). The van der Waals surface area contributed by atoms with Crippen LogP contribution in [-0.2, 0) is 4.79 Å². The Morgan fingerprint density at radius 3 is 2.76 bits per heavy atom. The highest BCUT2D eigenvalue weighted by atomic mass is 16.2. The normalized spacial score (nSPS) is 14.9. The van der Waals surface area contributed by atoms with E-state index in [4.69, 9.17) is 0 Å². The van der Waals surface area contributed by atoms with E-state index in [-0.39, 0.29) is 5.91 Å². The first kappa shape index (κ1) is 15.2. The Kier molecular flexibility index (Phi) is 5.48. The number of carbonyl (C=O) groups is 2. The predicted molar refractivity (Wildman–Crippen MR) is 79.0 cm³/mol. The van der Waals surface area contributed by atoms with E-state index in [2.05, 4.69) is 22.2 Å². The van der Waals surface area contributed by atoms with Gasteiger partial charge in [-0.3, -0.25) is 9.59 Å². The first-order valence-electron chi connectivity index (χ1n) is 7.29. The third kappa shape index (κ3) is 4.14. The van der Waals surface area contributed by atoms with Crippen LogP contribution in [0.2, 0.25) is 0 Å². The highest BCUT2D eigenvalue weighted by molar-refractivity contribution is 5.93. The minimum absolute atomic E-state index is 0.110. The number of aromatic nitrogens is 2. The Labute approximate surface area is 124 Å². The molecule has 0 radical (unpaired) electrons. The molecule has 1 aliphatic rings. The summed E-state index contributed by atoms with van der Waals surface area (Å²) in [4.78, 5) is 34.6. The van der Waals surface area contributed by atoms with E-state index in [1.165, 1.54) is 6.33 Å². The van der Waals surface area contributed by atoms with Crippen molar-refractivity contribution in [3.8, 4) is 0 Å². The Balaban J connectivity index is 1.96. The zero-order valence-corrected chi connectivity index (χ0v) is 12.3. The van der Waals surface area contributed by atoms with Crippen LogP contribution in [0.5, 0.6) is 0 Å². The van der Waals surface area contributed by atoms with Crippen molar-refractivity contribution in [1.29, 1.82) is 0 Å². The molecular weight excluding hydrogens is 270 g/mol. The Morgan fingerprint density at radius 2 is 2.10 bits per heavy atom. The average molecular weight is 291 g/mol. The summed E-state index contributed by atoms with van der Waals surface area (Å²) >= 11 is 0. The summed E-state index contributed by atoms with van der Waals surface area (Å²) in [5.74, 6) is 0.565. The SMILES string of the molecule is CCCCNc1cc(C(=O)N2CCN(C=O)CC2)ncn1. The molecule has 1 aromatic heterocycles. The van der Waals surface area contributed by atoms with E-state index >= 15 is 0 Å². The fraction of sp³-hybridized carbons (Fsp3) is 0.571. The molecule has 114 valence electrons. The second kappa shape index (κ2) is 7.56. The van der Waals surface area contributed by atoms with E-state index in [1.807, 2.05) is 0 Å². The van der Waals surface area contributed by atoms with Gasteiger partial charge in [-0.2, -0.15) is 0 Å². The topological polar surface area (TPSA) is 78.4 Å². The lowest BCUT2D eigenvalue weighted by Gasteiger charge is -2.32. The van der Waals surface area contributed by atoms with Crippen LogP contribution in [0.25, 0.3) is 0 Å². The van der Waals surface area contributed by atoms with Crippen molar-refractivity contribution >= 4 is 18.1 Å². The summed E-state index contributed by atoms with van der Waals surface area (Å²) in [6, 6.07) is 1.68. The summed E-state index contributed by atoms with van der Waals surface area (Å²) in [7, 11) is 0. The number of anilines is 1.